The lowest BCUT2D eigenvalue weighted by molar-refractivity contribution is -0.124. The van der Waals surface area contributed by atoms with E-state index in [4.69, 9.17) is 4.43 Å². The van der Waals surface area contributed by atoms with E-state index in [2.05, 4.69) is 72.7 Å². The average molecular weight is 417 g/mol. The van der Waals surface area contributed by atoms with E-state index in [1.54, 1.807) is 0 Å². The van der Waals surface area contributed by atoms with E-state index in [1.807, 2.05) is 0 Å². The SMILES string of the molecule is CC[Si](CC)(CC)OC(C)(C)CCC(C)c1ccc([C@H]2CCCC(=O)[C@@H]2C)cc1. The van der Waals surface area contributed by atoms with E-state index in [1.165, 1.54) is 29.3 Å². The number of carbonyl (C=O) groups is 1. The highest BCUT2D eigenvalue weighted by molar-refractivity contribution is 6.73. The summed E-state index contributed by atoms with van der Waals surface area (Å²) < 4.78 is 6.79. The molecular formula is C26H44O2Si. The van der Waals surface area contributed by atoms with Crippen LogP contribution in [-0.4, -0.2) is 19.7 Å². The molecule has 0 heterocycles. The fourth-order valence-electron chi connectivity index (χ4n) is 5.06. The molecule has 1 saturated carbocycles. The molecule has 1 aromatic rings. The van der Waals surface area contributed by atoms with Gasteiger partial charge in [-0.1, -0.05) is 58.9 Å². The zero-order valence-corrected chi connectivity index (χ0v) is 21.0. The lowest BCUT2D eigenvalue weighted by Crippen LogP contribution is -2.44. The van der Waals surface area contributed by atoms with Crippen LogP contribution in [0, 0.1) is 5.92 Å². The second-order valence-electron chi connectivity index (χ2n) is 9.97. The Morgan fingerprint density at radius 3 is 2.24 bits per heavy atom. The van der Waals surface area contributed by atoms with E-state index in [0.29, 0.717) is 17.6 Å². The van der Waals surface area contributed by atoms with Crippen LogP contribution in [0.5, 0.6) is 0 Å². The number of Topliss-reactive ketones (excluding diaryl/α,β-unsaturated/α-hetero) is 1. The Labute approximate surface area is 181 Å². The Kier molecular flexibility index (Phi) is 8.72. The van der Waals surface area contributed by atoms with Crippen molar-refractivity contribution in [2.24, 2.45) is 5.92 Å². The molecule has 0 saturated heterocycles. The fourth-order valence-corrected chi connectivity index (χ4v) is 8.27. The van der Waals surface area contributed by atoms with Gasteiger partial charge in [-0.3, -0.25) is 4.79 Å². The van der Waals surface area contributed by atoms with Crippen LogP contribution in [0.25, 0.3) is 0 Å². The molecule has 29 heavy (non-hydrogen) atoms. The predicted molar refractivity (Wildman–Crippen MR) is 127 cm³/mol. The van der Waals surface area contributed by atoms with Gasteiger partial charge in [0.2, 0.25) is 0 Å². The maximum atomic E-state index is 12.1. The molecule has 0 spiro atoms. The van der Waals surface area contributed by atoms with Crippen LogP contribution in [0.2, 0.25) is 18.1 Å². The Morgan fingerprint density at radius 1 is 1.10 bits per heavy atom. The zero-order chi connectivity index (χ0) is 21.7. The maximum Gasteiger partial charge on any atom is 0.192 e. The first-order valence-electron chi connectivity index (χ1n) is 12.0. The number of hydrogen-bond acceptors (Lipinski definition) is 2. The lowest BCUT2D eigenvalue weighted by Gasteiger charge is -2.39. The summed E-state index contributed by atoms with van der Waals surface area (Å²) in [5.41, 5.74) is 2.71. The highest BCUT2D eigenvalue weighted by Gasteiger charge is 2.35. The van der Waals surface area contributed by atoms with Gasteiger partial charge < -0.3 is 4.43 Å². The number of carbonyl (C=O) groups excluding carboxylic acids is 1. The third-order valence-electron chi connectivity index (χ3n) is 7.59. The van der Waals surface area contributed by atoms with Crippen LogP contribution >= 0.6 is 0 Å². The normalized spacial score (nSPS) is 22.0. The van der Waals surface area contributed by atoms with E-state index in [0.717, 1.165) is 32.1 Å². The summed E-state index contributed by atoms with van der Waals surface area (Å²) >= 11 is 0. The molecule has 164 valence electrons. The van der Waals surface area contributed by atoms with Crippen molar-refractivity contribution < 1.29 is 9.22 Å². The molecule has 0 aromatic heterocycles. The summed E-state index contributed by atoms with van der Waals surface area (Å²) in [5.74, 6) is 1.54. The van der Waals surface area contributed by atoms with Crippen molar-refractivity contribution in [2.45, 2.75) is 116 Å². The molecule has 1 aliphatic rings. The molecule has 0 radical (unpaired) electrons. The molecule has 2 rings (SSSR count). The Balaban J connectivity index is 1.97. The van der Waals surface area contributed by atoms with Crippen LogP contribution in [0.1, 0.15) is 104 Å². The first kappa shape index (κ1) is 24.3. The van der Waals surface area contributed by atoms with E-state index in [-0.39, 0.29) is 11.5 Å². The third kappa shape index (κ3) is 6.27. The number of hydrogen-bond donors (Lipinski definition) is 0. The first-order valence-corrected chi connectivity index (χ1v) is 14.5. The zero-order valence-electron chi connectivity index (χ0n) is 20.0. The summed E-state index contributed by atoms with van der Waals surface area (Å²) in [6.07, 6.45) is 5.19. The largest absolute Gasteiger partial charge is 0.412 e. The number of rotatable bonds is 10. The third-order valence-corrected chi connectivity index (χ3v) is 12.4. The van der Waals surface area contributed by atoms with Crippen LogP contribution in [-0.2, 0) is 9.22 Å². The topological polar surface area (TPSA) is 26.3 Å². The number of benzene rings is 1. The van der Waals surface area contributed by atoms with Crippen molar-refractivity contribution in [1.82, 2.24) is 0 Å². The second kappa shape index (κ2) is 10.4. The molecule has 0 aliphatic heterocycles. The van der Waals surface area contributed by atoms with Crippen molar-refractivity contribution in [3.05, 3.63) is 35.4 Å². The summed E-state index contributed by atoms with van der Waals surface area (Å²) in [5, 5.41) is 0. The Morgan fingerprint density at radius 2 is 1.69 bits per heavy atom. The monoisotopic (exact) mass is 416 g/mol. The van der Waals surface area contributed by atoms with E-state index >= 15 is 0 Å². The summed E-state index contributed by atoms with van der Waals surface area (Å²) in [6, 6.07) is 12.8. The minimum atomic E-state index is -1.57. The smallest absolute Gasteiger partial charge is 0.192 e. The molecular weight excluding hydrogens is 372 g/mol. The number of ketones is 1. The summed E-state index contributed by atoms with van der Waals surface area (Å²) in [7, 11) is -1.57. The van der Waals surface area contributed by atoms with E-state index < -0.39 is 8.32 Å². The van der Waals surface area contributed by atoms with Crippen molar-refractivity contribution in [3.63, 3.8) is 0 Å². The first-order chi connectivity index (χ1) is 13.7. The Hall–Kier alpha value is -0.933. The van der Waals surface area contributed by atoms with Gasteiger partial charge in [-0.25, -0.2) is 0 Å². The molecule has 1 aliphatic carbocycles. The van der Waals surface area contributed by atoms with Crippen LogP contribution in [0.15, 0.2) is 24.3 Å². The van der Waals surface area contributed by atoms with Crippen LogP contribution in [0.3, 0.4) is 0 Å². The van der Waals surface area contributed by atoms with Gasteiger partial charge in [0, 0.05) is 12.3 Å². The van der Waals surface area contributed by atoms with Crippen LogP contribution < -0.4 is 0 Å². The van der Waals surface area contributed by atoms with Crippen molar-refractivity contribution in [1.29, 1.82) is 0 Å². The fraction of sp³-hybridized carbons (Fsp3) is 0.731. The van der Waals surface area contributed by atoms with Crippen molar-refractivity contribution >= 4 is 14.1 Å². The minimum Gasteiger partial charge on any atom is -0.412 e. The Bertz CT molecular complexity index is 637. The quantitative estimate of drug-likeness (QED) is 0.363. The van der Waals surface area contributed by atoms with Gasteiger partial charge in [-0.2, -0.15) is 0 Å². The van der Waals surface area contributed by atoms with Gasteiger partial charge in [-0.05, 0) is 80.6 Å². The van der Waals surface area contributed by atoms with Crippen LogP contribution in [0.4, 0.5) is 0 Å². The van der Waals surface area contributed by atoms with Gasteiger partial charge in [0.1, 0.15) is 5.78 Å². The van der Waals surface area contributed by atoms with Gasteiger partial charge in [0.25, 0.3) is 0 Å². The lowest BCUT2D eigenvalue weighted by atomic mass is 9.75. The average Bonchev–Trinajstić information content (AvgIpc) is 2.72. The highest BCUT2D eigenvalue weighted by Crippen LogP contribution is 2.37. The molecule has 1 fully saturated rings. The molecule has 0 N–H and O–H groups in total. The molecule has 2 nitrogen and oxygen atoms in total. The van der Waals surface area contributed by atoms with E-state index in [9.17, 15) is 4.79 Å². The summed E-state index contributed by atoms with van der Waals surface area (Å²) in [4.78, 5) is 12.1. The van der Waals surface area contributed by atoms with Gasteiger partial charge >= 0.3 is 0 Å². The van der Waals surface area contributed by atoms with Gasteiger partial charge in [0.05, 0.1) is 5.60 Å². The van der Waals surface area contributed by atoms with Gasteiger partial charge in [-0.15, -0.1) is 0 Å². The molecule has 3 heteroatoms. The second-order valence-corrected chi connectivity index (χ2v) is 14.7. The minimum absolute atomic E-state index is 0.0413. The van der Waals surface area contributed by atoms with Crippen molar-refractivity contribution in [3.8, 4) is 0 Å². The van der Waals surface area contributed by atoms with Gasteiger partial charge in [0.15, 0.2) is 8.32 Å². The maximum absolute atomic E-state index is 12.1. The highest BCUT2D eigenvalue weighted by atomic mass is 28.4. The molecule has 1 unspecified atom stereocenters. The molecule has 0 amide bonds. The predicted octanol–water partition coefficient (Wildman–Crippen LogP) is 7.84. The molecule has 0 bridgehead atoms. The molecule has 1 aromatic carbocycles. The molecule has 3 atom stereocenters. The standard InChI is InChI=1S/C26H44O2Si/c1-8-29(9-2,10-3)28-26(6,7)19-18-20(4)22-14-16-23(17-15-22)24-12-11-13-25(27)21(24)5/h14-17,20-21,24H,8-13,18-19H2,1-7H3/t20?,21-,24+/m1/s1. The van der Waals surface area contributed by atoms with Crippen molar-refractivity contribution in [2.75, 3.05) is 0 Å². The summed E-state index contributed by atoms with van der Waals surface area (Å²) in [6.45, 7) is 15.9.